The van der Waals surface area contributed by atoms with Gasteiger partial charge in [0.15, 0.2) is 0 Å². The zero-order valence-corrected chi connectivity index (χ0v) is 72.2. The Bertz CT molecular complexity index is 8170. The zero-order chi connectivity index (χ0) is 92.3. The predicted octanol–water partition coefficient (Wildman–Crippen LogP) is 12.9. The molecule has 4 amide bonds. The van der Waals surface area contributed by atoms with E-state index in [-0.39, 0.29) is 91.7 Å². The molecule has 33 nitrogen and oxygen atoms in total. The molecule has 666 valence electrons. The number of rotatable bonds is 1. The Balaban J connectivity index is 0.000000112. The van der Waals surface area contributed by atoms with Crippen molar-refractivity contribution in [3.8, 4) is 45.4 Å². The smallest absolute Gasteiger partial charge is 0.267 e. The van der Waals surface area contributed by atoms with Crippen LogP contribution in [0.25, 0.3) is 77.9 Å². The second kappa shape index (κ2) is 37.0. The molecule has 9 aromatic heterocycles. The number of methoxy groups -OCH3 is 1. The monoisotopic (exact) mass is 1790 g/mol. The summed E-state index contributed by atoms with van der Waals surface area (Å²) in [6.45, 7) is 2.36. The van der Waals surface area contributed by atoms with Crippen molar-refractivity contribution in [3.05, 3.63) is 406 Å². The number of benzene rings is 10. The minimum atomic E-state index is -0.870. The number of carbonyl (C=O) groups excluding carboxylic acids is 4. The Morgan fingerprint density at radius 1 is 0.341 bits per heavy atom. The number of hydrogen-bond donors (Lipinski definition) is 6. The number of nitrogens with one attached hydrogen (secondary N) is 4. The highest BCUT2D eigenvalue weighted by Crippen LogP contribution is 2.34. The average Bonchev–Trinajstić information content (AvgIpc) is 1.49. The zero-order valence-electron chi connectivity index (χ0n) is 72.2. The Morgan fingerprint density at radius 2 is 0.719 bits per heavy atom. The van der Waals surface area contributed by atoms with E-state index in [1.54, 1.807) is 109 Å². The number of fused-ring (bicyclic) bond motifs is 37. The fraction of sp³-hybridized carbons (Fsp3) is 0.127. The minimum absolute atomic E-state index is 0.187. The quantitative estimate of drug-likeness (QED) is 0.0889. The summed E-state index contributed by atoms with van der Waals surface area (Å²) in [6, 6.07) is 88.6. The molecule has 2 atom stereocenters. The standard InChI is InChI=1S/2C27H21N5O3.C25H18N6O2.C23H21N5O4/c1-35-24-11-9-18-14-20(24)16-31-23-8-3-2-7-22(23)28-27(31)29-26(34)19-6-4-5-17(13-19)15-32-25(33)12-10-21(18)30-32;33-24-16-31-23-10-2-1-9-22(23)28-27(31)29-26(35)20-8-3-5-17(13-20)15-32-25(34)12-11-21(30-32)18-6-4-7-19(24)14-18;32-23-9-8-20-17-10-11-26-19(13-17)15-30-22-7-2-1-6-21(22)27-25(30)28-24(33)18-5-3-4-16(12-18)14-31(23)29-20;29-17-10-11-32-20-8-9-21(30)28(26-20)13-15-4-3-5-16(12-15)22(31)25-23-24-18-6-1-2-7-19(18)27(23)14-17/h2-14H,15-16H2,1H3,(H,28,29,34);1-14,24,33H,15-16H2,(H,28,29,35);1-13H,14-15H2,(H,27,28,33);1-9,12,17,29H,10-11,13-14H2,(H,24,25,31). The molecule has 2 unspecified atom stereocenters. The van der Waals surface area contributed by atoms with Crippen molar-refractivity contribution >= 4 is 91.6 Å². The van der Waals surface area contributed by atoms with Gasteiger partial charge < -0.3 is 38.0 Å². The van der Waals surface area contributed by atoms with E-state index in [9.17, 15) is 48.6 Å². The number of aliphatic hydroxyl groups is 2. The maximum Gasteiger partial charge on any atom is 0.267 e. The van der Waals surface area contributed by atoms with Gasteiger partial charge in [-0.1, -0.05) is 115 Å². The summed E-state index contributed by atoms with van der Waals surface area (Å²) in [4.78, 5) is 125. The van der Waals surface area contributed by atoms with Gasteiger partial charge in [-0.05, 0) is 179 Å². The van der Waals surface area contributed by atoms with Gasteiger partial charge in [-0.25, -0.2) is 38.7 Å². The summed E-state index contributed by atoms with van der Waals surface area (Å²) < 4.78 is 24.3. The lowest BCUT2D eigenvalue weighted by molar-refractivity contribution is 0.101. The van der Waals surface area contributed by atoms with Gasteiger partial charge in [0.2, 0.25) is 29.7 Å². The van der Waals surface area contributed by atoms with E-state index in [0.717, 1.165) is 94.3 Å². The number of hydrogen-bond acceptors (Lipinski definition) is 21. The van der Waals surface area contributed by atoms with Gasteiger partial charge in [0.1, 0.15) is 5.75 Å². The largest absolute Gasteiger partial charge is 0.496 e. The molecule has 135 heavy (non-hydrogen) atoms. The first kappa shape index (κ1) is 85.3. The highest BCUT2D eigenvalue weighted by molar-refractivity contribution is 6.07. The van der Waals surface area contributed by atoms with Gasteiger partial charge in [-0.3, -0.25) is 64.6 Å². The van der Waals surface area contributed by atoms with Crippen molar-refractivity contribution in [2.75, 3.05) is 35.0 Å². The third kappa shape index (κ3) is 18.4. The summed E-state index contributed by atoms with van der Waals surface area (Å²) in [7, 11) is 1.63. The predicted molar refractivity (Wildman–Crippen MR) is 507 cm³/mol. The fourth-order valence-corrected chi connectivity index (χ4v) is 16.7. The van der Waals surface area contributed by atoms with Crippen LogP contribution in [-0.4, -0.2) is 136 Å². The summed E-state index contributed by atoms with van der Waals surface area (Å²) in [5, 5.41) is 51.5. The molecule has 0 saturated heterocycles. The van der Waals surface area contributed by atoms with Crippen molar-refractivity contribution in [3.63, 3.8) is 0 Å². The molecule has 0 fully saturated rings. The molecule has 0 radical (unpaired) electrons. The lowest BCUT2D eigenvalue weighted by Gasteiger charge is -2.17. The van der Waals surface area contributed by atoms with Crippen molar-refractivity contribution in [2.24, 2.45) is 0 Å². The second-order valence-corrected chi connectivity index (χ2v) is 32.5. The molecule has 22 bridgehead atoms. The maximum absolute atomic E-state index is 13.2. The summed E-state index contributed by atoms with van der Waals surface area (Å²) in [5.74, 6) is 1.38. The Kier molecular flexibility index (Phi) is 23.3. The lowest BCUT2D eigenvalue weighted by atomic mass is 10.0. The van der Waals surface area contributed by atoms with Crippen LogP contribution >= 0.6 is 0 Å². The van der Waals surface area contributed by atoms with Gasteiger partial charge >= 0.3 is 0 Å². The highest BCUT2D eigenvalue weighted by atomic mass is 16.5. The molecule has 4 aliphatic heterocycles. The van der Waals surface area contributed by atoms with E-state index in [1.807, 2.05) is 190 Å². The van der Waals surface area contributed by atoms with Crippen LogP contribution in [0.4, 0.5) is 23.8 Å². The van der Waals surface area contributed by atoms with Crippen LogP contribution in [0.1, 0.15) is 93.0 Å². The molecule has 4 aliphatic rings. The molecule has 6 N–H and O–H groups in total. The fourth-order valence-electron chi connectivity index (χ4n) is 16.7. The van der Waals surface area contributed by atoms with Crippen LogP contribution in [0.5, 0.6) is 11.6 Å². The van der Waals surface area contributed by atoms with E-state index in [0.29, 0.717) is 99.8 Å². The third-order valence-corrected chi connectivity index (χ3v) is 23.4. The van der Waals surface area contributed by atoms with E-state index in [1.165, 1.54) is 49.1 Å². The molecule has 33 heteroatoms. The van der Waals surface area contributed by atoms with E-state index < -0.39 is 12.2 Å². The highest BCUT2D eigenvalue weighted by Gasteiger charge is 2.26. The number of amides is 4. The summed E-state index contributed by atoms with van der Waals surface area (Å²) in [6.07, 6.45) is 0.441. The third-order valence-electron chi connectivity index (χ3n) is 23.4. The van der Waals surface area contributed by atoms with E-state index in [2.05, 4.69) is 61.6 Å². The van der Waals surface area contributed by atoms with Crippen LogP contribution < -0.4 is 53.0 Å². The number of para-hydroxylation sites is 8. The van der Waals surface area contributed by atoms with Crippen molar-refractivity contribution < 1.29 is 38.9 Å². The molecule has 19 aromatic rings. The normalized spacial score (nSPS) is 14.5. The van der Waals surface area contributed by atoms with Gasteiger partial charge in [0.05, 0.1) is 145 Å². The second-order valence-electron chi connectivity index (χ2n) is 32.5. The van der Waals surface area contributed by atoms with Gasteiger partial charge in [-0.2, -0.15) is 15.3 Å². The molecule has 10 aromatic carbocycles. The maximum atomic E-state index is 13.2. The molecule has 13 heterocycles. The number of pyridine rings is 1. The van der Waals surface area contributed by atoms with Crippen LogP contribution in [0, 0.1) is 0 Å². The number of ether oxygens (including phenoxy) is 2. The van der Waals surface area contributed by atoms with Gasteiger partial charge in [0.25, 0.3) is 45.9 Å². The van der Waals surface area contributed by atoms with Crippen molar-refractivity contribution in [1.29, 1.82) is 0 Å². The SMILES string of the molecule is COc1ccc2cc1Cn1c(nc3ccccc31)NC(=O)c1cccc(c1)Cn1nc-2ccc1=O.O=C1Nc2nc3ccccc3n2CC(O)CCOc2ccc(=O)n(n2)Cc2cccc1c2.O=C1Nc2nc3ccccc3n2CC(O)c2cccc(c2)-c2ccc(=O)n(n2)Cc2cccc1c2.O=C1Nc2nc3ccccc3n2Cc2cc(ccn2)-c2ccc(=O)n(n2)Cc2cccc1c2. The molecule has 0 aliphatic carbocycles. The molecule has 0 saturated carbocycles. The molecule has 0 spiro atoms. The first-order valence-electron chi connectivity index (χ1n) is 43.3. The van der Waals surface area contributed by atoms with Crippen LogP contribution in [-0.2, 0) is 52.4 Å². The topological polar surface area (TPSA) is 399 Å². The van der Waals surface area contributed by atoms with E-state index >= 15 is 0 Å². The first-order chi connectivity index (χ1) is 65.8. The summed E-state index contributed by atoms with van der Waals surface area (Å²) >= 11 is 0. The molecular formula is C102H81N21O12. The number of nitrogens with zero attached hydrogens (tertiary/aromatic N) is 17. The average molecular weight is 1790 g/mol. The lowest BCUT2D eigenvalue weighted by Crippen LogP contribution is -2.25. The summed E-state index contributed by atoms with van der Waals surface area (Å²) in [5.41, 5.74) is 17.2. The minimum Gasteiger partial charge on any atom is -0.496 e. The molecule has 23 rings (SSSR count). The number of aliphatic hydroxyl groups excluding tert-OH is 2. The number of anilines is 4. The molecular weight excluding hydrogens is 1710 g/mol. The van der Waals surface area contributed by atoms with Gasteiger partial charge in [-0.15, -0.1) is 5.10 Å². The first-order valence-corrected chi connectivity index (χ1v) is 43.3. The van der Waals surface area contributed by atoms with Crippen LogP contribution in [0.3, 0.4) is 0 Å². The van der Waals surface area contributed by atoms with E-state index in [4.69, 9.17) is 14.5 Å². The van der Waals surface area contributed by atoms with Crippen LogP contribution in [0.15, 0.2) is 323 Å². The number of aromatic nitrogens is 17. The van der Waals surface area contributed by atoms with Gasteiger partial charge in [0, 0.05) is 87.5 Å². The Labute approximate surface area is 766 Å². The number of carbonyl (C=O) groups is 4. The number of imidazole rings is 4. The van der Waals surface area contributed by atoms with Crippen molar-refractivity contribution in [2.45, 2.75) is 71.0 Å². The van der Waals surface area contributed by atoms with Crippen molar-refractivity contribution in [1.82, 2.24) is 82.3 Å². The Hall–Kier alpha value is -17.9. The Morgan fingerprint density at radius 3 is 1.17 bits per heavy atom. The van der Waals surface area contributed by atoms with Crippen LogP contribution in [0.2, 0.25) is 0 Å².